The van der Waals surface area contributed by atoms with Gasteiger partial charge in [0.2, 0.25) is 11.2 Å². The number of aryl methyl sites for hydroxylation is 1. The Morgan fingerprint density at radius 1 is 0.974 bits per heavy atom. The first-order chi connectivity index (χ1) is 18.1. The number of halogens is 4. The van der Waals surface area contributed by atoms with E-state index in [-0.39, 0.29) is 22.3 Å². The molecule has 0 saturated heterocycles. The van der Waals surface area contributed by atoms with Gasteiger partial charge >= 0.3 is 6.18 Å². The molecule has 0 unspecified atom stereocenters. The molecule has 5 nitrogen and oxygen atoms in total. The number of amides is 1. The smallest absolute Gasteiger partial charge is 0.450 e. The third-order valence-electron chi connectivity index (χ3n) is 6.01. The first-order valence-corrected chi connectivity index (χ1v) is 11.8. The van der Waals surface area contributed by atoms with E-state index >= 15 is 0 Å². The average molecular weight is 538 g/mol. The van der Waals surface area contributed by atoms with Gasteiger partial charge in [-0.1, -0.05) is 54.1 Å². The highest BCUT2D eigenvalue weighted by atomic mass is 35.5. The fraction of sp³-hybridized carbons (Fsp3) is 0.103. The van der Waals surface area contributed by atoms with E-state index in [1.54, 1.807) is 61.5 Å². The molecule has 0 spiro atoms. The molecule has 1 aromatic heterocycles. The van der Waals surface area contributed by atoms with Crippen molar-refractivity contribution in [2.75, 3.05) is 11.9 Å². The van der Waals surface area contributed by atoms with Crippen molar-refractivity contribution in [2.24, 2.45) is 0 Å². The van der Waals surface area contributed by atoms with Crippen LogP contribution in [0.1, 0.15) is 11.3 Å². The molecule has 1 amide bonds. The summed E-state index contributed by atoms with van der Waals surface area (Å²) in [7, 11) is 0. The van der Waals surface area contributed by atoms with E-state index in [0.29, 0.717) is 21.5 Å². The van der Waals surface area contributed by atoms with Gasteiger partial charge < -0.3 is 14.5 Å². The Bertz CT molecular complexity index is 1760. The topological polar surface area (TPSA) is 68.5 Å². The molecule has 1 heterocycles. The molecular formula is C29H19ClF3NO4. The molecule has 192 valence electrons. The normalized spacial score (nSPS) is 11.6. The Morgan fingerprint density at radius 3 is 2.50 bits per heavy atom. The SMILES string of the molecule is Cc1cc(Cl)ccc1NC(=O)COc1ccc2c(=O)c(-c3cccc4ccccc34)c(C(F)(F)F)oc2c1. The quantitative estimate of drug-likeness (QED) is 0.250. The Morgan fingerprint density at radius 2 is 1.74 bits per heavy atom. The van der Waals surface area contributed by atoms with Crippen LogP contribution < -0.4 is 15.5 Å². The maximum absolute atomic E-state index is 14.1. The van der Waals surface area contributed by atoms with Crippen LogP contribution in [-0.4, -0.2) is 12.5 Å². The van der Waals surface area contributed by atoms with Crippen LogP contribution in [0.3, 0.4) is 0 Å². The van der Waals surface area contributed by atoms with E-state index in [0.717, 1.165) is 5.56 Å². The monoisotopic (exact) mass is 537 g/mol. The number of alkyl halides is 3. The summed E-state index contributed by atoms with van der Waals surface area (Å²) in [6.45, 7) is 1.36. The molecule has 0 aliphatic heterocycles. The van der Waals surface area contributed by atoms with Crippen molar-refractivity contribution in [2.45, 2.75) is 13.1 Å². The van der Waals surface area contributed by atoms with Crippen LogP contribution in [0.25, 0.3) is 32.9 Å². The summed E-state index contributed by atoms with van der Waals surface area (Å²) in [5.41, 5.74) is -0.271. The van der Waals surface area contributed by atoms with Gasteiger partial charge in [-0.15, -0.1) is 0 Å². The van der Waals surface area contributed by atoms with Gasteiger partial charge in [0.05, 0.1) is 10.9 Å². The molecule has 0 fully saturated rings. The summed E-state index contributed by atoms with van der Waals surface area (Å²) in [4.78, 5) is 25.7. The summed E-state index contributed by atoms with van der Waals surface area (Å²) in [5.74, 6) is -1.83. The second-order valence-corrected chi connectivity index (χ2v) is 9.05. The van der Waals surface area contributed by atoms with Gasteiger partial charge in [-0.3, -0.25) is 9.59 Å². The second kappa shape index (κ2) is 9.87. The van der Waals surface area contributed by atoms with E-state index in [4.69, 9.17) is 20.8 Å². The number of fused-ring (bicyclic) bond motifs is 2. The molecular weight excluding hydrogens is 519 g/mol. The molecule has 9 heteroatoms. The zero-order valence-corrected chi connectivity index (χ0v) is 20.6. The molecule has 0 aliphatic carbocycles. The summed E-state index contributed by atoms with van der Waals surface area (Å²) < 4.78 is 53.2. The molecule has 0 atom stereocenters. The van der Waals surface area contributed by atoms with Gasteiger partial charge in [-0.2, -0.15) is 13.2 Å². The van der Waals surface area contributed by atoms with Crippen LogP contribution in [-0.2, 0) is 11.0 Å². The zero-order valence-electron chi connectivity index (χ0n) is 19.9. The molecule has 0 aliphatic rings. The van der Waals surface area contributed by atoms with E-state index in [2.05, 4.69) is 5.32 Å². The number of ether oxygens (including phenoxy) is 1. The Hall–Kier alpha value is -4.30. The lowest BCUT2D eigenvalue weighted by Gasteiger charge is -2.15. The van der Waals surface area contributed by atoms with Crippen molar-refractivity contribution in [3.8, 4) is 16.9 Å². The maximum atomic E-state index is 14.1. The van der Waals surface area contributed by atoms with Crippen LogP contribution in [0, 0.1) is 6.92 Å². The highest BCUT2D eigenvalue weighted by Crippen LogP contribution is 2.39. The Balaban J connectivity index is 1.50. The standard InChI is InChI=1S/C29H19ClF3NO4/c1-16-13-18(30)9-12-23(16)34-25(35)15-37-19-10-11-22-24(14-19)38-28(29(31,32)33)26(27(22)36)21-8-4-6-17-5-2-3-7-20(17)21/h2-14H,15H2,1H3,(H,34,35). The van der Waals surface area contributed by atoms with Crippen molar-refractivity contribution in [3.63, 3.8) is 0 Å². The molecule has 4 aromatic carbocycles. The van der Waals surface area contributed by atoms with Crippen LogP contribution in [0.4, 0.5) is 18.9 Å². The summed E-state index contributed by atoms with van der Waals surface area (Å²) in [6.07, 6.45) is -4.94. The number of carbonyl (C=O) groups is 1. The van der Waals surface area contributed by atoms with E-state index in [1.807, 2.05) is 0 Å². The summed E-state index contributed by atoms with van der Waals surface area (Å²) >= 11 is 5.92. The van der Waals surface area contributed by atoms with Crippen LogP contribution >= 0.6 is 11.6 Å². The molecule has 0 bridgehead atoms. The fourth-order valence-electron chi connectivity index (χ4n) is 4.25. The molecule has 5 aromatic rings. The summed E-state index contributed by atoms with van der Waals surface area (Å²) in [5, 5.41) is 4.34. The lowest BCUT2D eigenvalue weighted by molar-refractivity contribution is -0.152. The van der Waals surface area contributed by atoms with E-state index < -0.39 is 35.4 Å². The first-order valence-electron chi connectivity index (χ1n) is 11.5. The minimum Gasteiger partial charge on any atom is -0.484 e. The molecule has 5 rings (SSSR count). The number of hydrogen-bond donors (Lipinski definition) is 1. The van der Waals surface area contributed by atoms with Gasteiger partial charge in [0.1, 0.15) is 11.3 Å². The van der Waals surface area contributed by atoms with Crippen molar-refractivity contribution in [3.05, 3.63) is 105 Å². The van der Waals surface area contributed by atoms with E-state index in [1.165, 1.54) is 24.3 Å². The van der Waals surface area contributed by atoms with Gasteiger partial charge in [0.15, 0.2) is 6.61 Å². The molecule has 38 heavy (non-hydrogen) atoms. The van der Waals surface area contributed by atoms with Crippen LogP contribution in [0.2, 0.25) is 5.02 Å². The Kier molecular flexibility index (Phi) is 6.59. The fourth-order valence-corrected chi connectivity index (χ4v) is 4.48. The average Bonchev–Trinajstić information content (AvgIpc) is 2.88. The van der Waals surface area contributed by atoms with Crippen LogP contribution in [0.15, 0.2) is 88.1 Å². The second-order valence-electron chi connectivity index (χ2n) is 8.61. The van der Waals surface area contributed by atoms with Gasteiger partial charge in [-0.25, -0.2) is 0 Å². The Labute approximate surface area is 219 Å². The van der Waals surface area contributed by atoms with Crippen LogP contribution in [0.5, 0.6) is 5.75 Å². The third-order valence-corrected chi connectivity index (χ3v) is 6.25. The van der Waals surface area contributed by atoms with Crippen molar-refractivity contribution in [1.29, 1.82) is 0 Å². The minimum atomic E-state index is -4.94. The maximum Gasteiger partial charge on any atom is 0.450 e. The number of anilines is 1. The molecule has 1 N–H and O–H groups in total. The number of hydrogen-bond acceptors (Lipinski definition) is 4. The van der Waals surface area contributed by atoms with Gasteiger partial charge in [0.25, 0.3) is 5.91 Å². The van der Waals surface area contributed by atoms with Gasteiger partial charge in [0, 0.05) is 16.8 Å². The predicted octanol–water partition coefficient (Wildman–Crippen LogP) is 7.61. The highest BCUT2D eigenvalue weighted by molar-refractivity contribution is 6.30. The number of carbonyl (C=O) groups excluding carboxylic acids is 1. The molecule has 0 radical (unpaired) electrons. The number of nitrogens with one attached hydrogen (secondary N) is 1. The van der Waals surface area contributed by atoms with Crippen molar-refractivity contribution >= 4 is 44.9 Å². The number of rotatable bonds is 5. The van der Waals surface area contributed by atoms with E-state index in [9.17, 15) is 22.8 Å². The van der Waals surface area contributed by atoms with Crippen molar-refractivity contribution < 1.29 is 27.1 Å². The lowest BCUT2D eigenvalue weighted by atomic mass is 9.96. The minimum absolute atomic E-state index is 0.0467. The third kappa shape index (κ3) is 4.95. The lowest BCUT2D eigenvalue weighted by Crippen LogP contribution is -2.20. The van der Waals surface area contributed by atoms with Crippen molar-refractivity contribution in [1.82, 2.24) is 0 Å². The zero-order chi connectivity index (χ0) is 27.0. The summed E-state index contributed by atoms with van der Waals surface area (Å²) in [6, 6.07) is 20.5. The number of benzene rings is 4. The van der Waals surface area contributed by atoms with Gasteiger partial charge in [-0.05, 0) is 59.2 Å². The highest BCUT2D eigenvalue weighted by Gasteiger charge is 2.39. The first kappa shape index (κ1) is 25.4. The largest absolute Gasteiger partial charge is 0.484 e. The molecule has 0 saturated carbocycles. The predicted molar refractivity (Wildman–Crippen MR) is 141 cm³/mol.